The molecule has 0 saturated heterocycles. The molecule has 2 rings (SSSR count). The van der Waals surface area contributed by atoms with Gasteiger partial charge in [0.2, 0.25) is 0 Å². The molecule has 36 heavy (non-hydrogen) atoms. The first-order valence-electron chi connectivity index (χ1n) is 13.2. The van der Waals surface area contributed by atoms with Crippen LogP contribution in [0.15, 0.2) is 22.6 Å². The summed E-state index contributed by atoms with van der Waals surface area (Å²) in [5, 5.41) is 25.2. The van der Waals surface area contributed by atoms with Crippen molar-refractivity contribution in [2.75, 3.05) is 0 Å². The molecule has 0 radical (unpaired) electrons. The van der Waals surface area contributed by atoms with Crippen molar-refractivity contribution in [3.05, 3.63) is 33.3 Å². The number of esters is 1. The normalized spacial score (nSPS) is 26.9. The number of aromatic nitrogens is 1. The number of carbonyl (C=O) groups is 2. The molecule has 2 N–H and O–H groups in total. The van der Waals surface area contributed by atoms with Gasteiger partial charge in [0.15, 0.2) is 5.79 Å². The third-order valence-corrected chi connectivity index (χ3v) is 8.23. The van der Waals surface area contributed by atoms with Gasteiger partial charge in [0.1, 0.15) is 11.9 Å². The average molecular weight is 520 g/mol. The number of nitrogens with zero attached hydrogens (tertiary/aromatic N) is 1. The number of hydrogen-bond acceptors (Lipinski definition) is 7. The summed E-state index contributed by atoms with van der Waals surface area (Å²) in [6.07, 6.45) is 7.83. The maximum atomic E-state index is 13.6. The van der Waals surface area contributed by atoms with Crippen LogP contribution in [0.25, 0.3) is 6.08 Å². The lowest BCUT2D eigenvalue weighted by Gasteiger charge is -2.39. The molecule has 6 nitrogen and oxygen atoms in total. The Hall–Kier alpha value is -1.83. The van der Waals surface area contributed by atoms with Crippen LogP contribution in [0, 0.1) is 24.2 Å². The zero-order valence-electron chi connectivity index (χ0n) is 23.1. The van der Waals surface area contributed by atoms with Crippen molar-refractivity contribution in [1.82, 2.24) is 4.98 Å². The minimum Gasteiger partial charge on any atom is -0.457 e. The van der Waals surface area contributed by atoms with E-state index in [0.29, 0.717) is 25.7 Å². The summed E-state index contributed by atoms with van der Waals surface area (Å²) in [6.45, 7) is 13.3. The van der Waals surface area contributed by atoms with Crippen LogP contribution in [-0.2, 0) is 14.3 Å². The van der Waals surface area contributed by atoms with Crippen molar-refractivity contribution < 1.29 is 24.5 Å². The molecule has 1 aliphatic rings. The molecular formula is C29H45NO5S. The molecule has 0 spiro atoms. The van der Waals surface area contributed by atoms with E-state index in [1.165, 1.54) is 0 Å². The summed E-state index contributed by atoms with van der Waals surface area (Å²) in [5.41, 5.74) is 2.06. The molecule has 0 aromatic carbocycles. The largest absolute Gasteiger partial charge is 0.457 e. The summed E-state index contributed by atoms with van der Waals surface area (Å²) in [5.74, 6) is -3.99. The monoisotopic (exact) mass is 519 g/mol. The molecule has 1 aromatic heterocycles. The molecule has 0 amide bonds. The number of rotatable bonds is 4. The Morgan fingerprint density at radius 1 is 1.25 bits per heavy atom. The molecular weight excluding hydrogens is 474 g/mol. The Morgan fingerprint density at radius 3 is 2.56 bits per heavy atom. The van der Waals surface area contributed by atoms with Gasteiger partial charge in [-0.1, -0.05) is 45.8 Å². The highest BCUT2D eigenvalue weighted by Gasteiger charge is 2.47. The number of Topliss-reactive ketones (excluding diaryl/α,β-unsaturated/α-hetero) is 1. The van der Waals surface area contributed by atoms with E-state index in [1.54, 1.807) is 25.2 Å². The maximum Gasteiger partial charge on any atom is 0.306 e. The number of allylic oxidation sites excluding steroid dienone is 1. The zero-order valence-corrected chi connectivity index (χ0v) is 23.9. The third-order valence-electron chi connectivity index (χ3n) is 7.44. The van der Waals surface area contributed by atoms with E-state index < -0.39 is 29.1 Å². The summed E-state index contributed by atoms with van der Waals surface area (Å²) < 4.78 is 5.92. The molecule has 202 valence electrons. The molecule has 2 heterocycles. The van der Waals surface area contributed by atoms with Gasteiger partial charge in [-0.2, -0.15) is 0 Å². The van der Waals surface area contributed by atoms with Gasteiger partial charge in [-0.25, -0.2) is 4.98 Å². The fraction of sp³-hybridized carbons (Fsp3) is 0.690. The second-order valence-electron chi connectivity index (χ2n) is 11.1. The van der Waals surface area contributed by atoms with Gasteiger partial charge in [0.05, 0.1) is 16.6 Å². The number of ether oxygens (including phenoxy) is 1. The first-order valence-corrected chi connectivity index (χ1v) is 14.1. The molecule has 0 bridgehead atoms. The Balaban J connectivity index is 2.35. The lowest BCUT2D eigenvalue weighted by atomic mass is 9.70. The summed E-state index contributed by atoms with van der Waals surface area (Å²) in [6, 6.07) is 0. The number of cyclic esters (lactones) is 1. The number of aryl methyl sites for hydroxylation is 1. The molecule has 7 heteroatoms. The number of carbonyl (C=O) groups excluding carboxylic acids is 2. The highest BCUT2D eigenvalue weighted by Crippen LogP contribution is 2.38. The second kappa shape index (κ2) is 13.1. The predicted molar refractivity (Wildman–Crippen MR) is 145 cm³/mol. The van der Waals surface area contributed by atoms with Gasteiger partial charge in [-0.15, -0.1) is 11.3 Å². The van der Waals surface area contributed by atoms with E-state index in [0.717, 1.165) is 34.7 Å². The summed E-state index contributed by atoms with van der Waals surface area (Å²) in [4.78, 5) is 31.0. The zero-order chi connectivity index (χ0) is 27.1. The van der Waals surface area contributed by atoms with Crippen LogP contribution < -0.4 is 0 Å². The van der Waals surface area contributed by atoms with Crippen molar-refractivity contribution in [3.8, 4) is 0 Å². The van der Waals surface area contributed by atoms with E-state index in [2.05, 4.69) is 11.1 Å². The second-order valence-corrected chi connectivity index (χ2v) is 12.2. The Bertz CT molecular complexity index is 959. The lowest BCUT2D eigenvalue weighted by molar-refractivity contribution is -0.234. The van der Waals surface area contributed by atoms with Gasteiger partial charge < -0.3 is 14.9 Å². The first kappa shape index (κ1) is 30.4. The smallest absolute Gasteiger partial charge is 0.306 e. The van der Waals surface area contributed by atoms with Crippen LogP contribution in [-0.4, -0.2) is 38.8 Å². The van der Waals surface area contributed by atoms with E-state index in [9.17, 15) is 19.8 Å². The lowest BCUT2D eigenvalue weighted by Crippen LogP contribution is -2.51. The maximum absolute atomic E-state index is 13.6. The number of aliphatic hydroxyl groups is 2. The van der Waals surface area contributed by atoms with E-state index in [1.807, 2.05) is 46.1 Å². The third kappa shape index (κ3) is 8.35. The first-order chi connectivity index (χ1) is 16.8. The number of thiazole rings is 1. The fourth-order valence-corrected chi connectivity index (χ4v) is 5.38. The minimum atomic E-state index is -2.08. The predicted octanol–water partition coefficient (Wildman–Crippen LogP) is 6.40. The van der Waals surface area contributed by atoms with E-state index >= 15 is 0 Å². The van der Waals surface area contributed by atoms with Crippen molar-refractivity contribution in [3.63, 3.8) is 0 Å². The highest BCUT2D eigenvalue weighted by atomic mass is 32.1. The number of hydrogen-bond donors (Lipinski definition) is 2. The molecule has 3 atom stereocenters. The number of ketones is 1. The topological polar surface area (TPSA) is 96.7 Å². The Kier molecular flexibility index (Phi) is 11.1. The van der Waals surface area contributed by atoms with Crippen LogP contribution >= 0.6 is 11.3 Å². The van der Waals surface area contributed by atoms with E-state index in [-0.39, 0.29) is 24.6 Å². The quantitative estimate of drug-likeness (QED) is 0.272. The van der Waals surface area contributed by atoms with Crippen molar-refractivity contribution in [2.24, 2.45) is 17.3 Å². The van der Waals surface area contributed by atoms with Crippen LogP contribution in [0.5, 0.6) is 0 Å². The van der Waals surface area contributed by atoms with Crippen LogP contribution in [0.4, 0.5) is 0 Å². The average Bonchev–Trinajstić information content (AvgIpc) is 3.21. The van der Waals surface area contributed by atoms with Crippen LogP contribution in [0.1, 0.15) is 104 Å². The standard InChI is InChI=1S/C29H45NO5S/c1-8-10-24-27(32)28(6,7)16-15-26(31)35-25(20(3)17-23-18-36-22(5)30-23)14-13-19(2)11-9-12-21(4)29(24,33)34/h13,17-18,21,24-25,33-34H,8-12,14-16H2,1-7H3. The van der Waals surface area contributed by atoms with Gasteiger partial charge in [0, 0.05) is 29.6 Å². The molecule has 3 unspecified atom stereocenters. The SMILES string of the molecule is CCCC1C(=O)C(C)(C)CCC(=O)OC(C(C)=Cc2csc(C)n2)CC=C(C)CCCC(C)C1(O)O. The van der Waals surface area contributed by atoms with Gasteiger partial charge in [-0.05, 0) is 64.5 Å². The Labute approximate surface area is 220 Å². The molecule has 0 aliphatic carbocycles. The molecule has 1 aliphatic heterocycles. The summed E-state index contributed by atoms with van der Waals surface area (Å²) >= 11 is 1.58. The molecule has 1 aromatic rings. The van der Waals surface area contributed by atoms with E-state index in [4.69, 9.17) is 4.74 Å². The molecule has 0 saturated carbocycles. The van der Waals surface area contributed by atoms with Crippen molar-refractivity contribution in [1.29, 1.82) is 0 Å². The highest BCUT2D eigenvalue weighted by molar-refractivity contribution is 7.09. The van der Waals surface area contributed by atoms with Gasteiger partial charge >= 0.3 is 5.97 Å². The van der Waals surface area contributed by atoms with Crippen molar-refractivity contribution in [2.45, 2.75) is 112 Å². The fourth-order valence-electron chi connectivity index (χ4n) is 4.81. The van der Waals surface area contributed by atoms with Gasteiger partial charge in [-0.3, -0.25) is 9.59 Å². The summed E-state index contributed by atoms with van der Waals surface area (Å²) in [7, 11) is 0. The Morgan fingerprint density at radius 2 is 1.94 bits per heavy atom. The van der Waals surface area contributed by atoms with Crippen LogP contribution in [0.2, 0.25) is 0 Å². The minimum absolute atomic E-state index is 0.0826. The molecule has 0 fully saturated rings. The van der Waals surface area contributed by atoms with Crippen LogP contribution in [0.3, 0.4) is 0 Å². The van der Waals surface area contributed by atoms with Gasteiger partial charge in [0.25, 0.3) is 0 Å². The van der Waals surface area contributed by atoms with Crippen molar-refractivity contribution >= 4 is 29.2 Å².